The average Bonchev–Trinajstić information content (AvgIpc) is 2.77. The first kappa shape index (κ1) is 17.9. The third-order valence-corrected chi connectivity index (χ3v) is 6.66. The van der Waals surface area contributed by atoms with Crippen molar-refractivity contribution in [2.24, 2.45) is 5.92 Å². The van der Waals surface area contributed by atoms with Gasteiger partial charge in [-0.2, -0.15) is 4.31 Å². The van der Waals surface area contributed by atoms with E-state index >= 15 is 0 Å². The summed E-state index contributed by atoms with van der Waals surface area (Å²) in [5.41, 5.74) is 1.28. The summed E-state index contributed by atoms with van der Waals surface area (Å²) >= 11 is 0. The predicted molar refractivity (Wildman–Crippen MR) is 92.0 cm³/mol. The number of hydrogen-bond donors (Lipinski definition) is 0. The van der Waals surface area contributed by atoms with Gasteiger partial charge >= 0.3 is 0 Å². The molecule has 0 N–H and O–H groups in total. The zero-order chi connectivity index (χ0) is 17.2. The fraction of sp³-hybridized carbons (Fsp3) is 0.824. The highest BCUT2D eigenvalue weighted by Crippen LogP contribution is 2.27. The zero-order valence-electron chi connectivity index (χ0n) is 14.4. The quantitative estimate of drug-likeness (QED) is 0.717. The van der Waals surface area contributed by atoms with Crippen LogP contribution in [0.25, 0.3) is 0 Å². The largest absolute Gasteiger partial charge is 0.375 e. The number of amides is 1. The fourth-order valence-corrected chi connectivity index (χ4v) is 4.79. The van der Waals surface area contributed by atoms with Crippen LogP contribution in [0.4, 0.5) is 0 Å². The molecule has 2 heterocycles. The SMILES string of the molecule is CS(=O)(=O)N1CCO[C@@H]2CN(C(=O)CC3=CCCCC3)CC[C@@H]2C1. The Kier molecular flexibility index (Phi) is 5.62. The molecule has 0 saturated carbocycles. The number of nitrogens with zero attached hydrogens (tertiary/aromatic N) is 2. The molecule has 2 aliphatic heterocycles. The molecule has 3 rings (SSSR count). The summed E-state index contributed by atoms with van der Waals surface area (Å²) < 4.78 is 31.0. The van der Waals surface area contributed by atoms with Crippen LogP contribution in [-0.4, -0.2) is 68.7 Å². The highest BCUT2D eigenvalue weighted by molar-refractivity contribution is 7.88. The van der Waals surface area contributed by atoms with Gasteiger partial charge in [0.15, 0.2) is 0 Å². The van der Waals surface area contributed by atoms with Gasteiger partial charge in [-0.15, -0.1) is 0 Å². The van der Waals surface area contributed by atoms with Crippen LogP contribution in [0.5, 0.6) is 0 Å². The normalized spacial score (nSPS) is 29.5. The Labute approximate surface area is 144 Å². The van der Waals surface area contributed by atoms with Gasteiger partial charge in [0.05, 0.1) is 19.0 Å². The molecule has 2 saturated heterocycles. The molecule has 136 valence electrons. The summed E-state index contributed by atoms with van der Waals surface area (Å²) in [7, 11) is -3.18. The molecule has 1 amide bonds. The number of carbonyl (C=O) groups excluding carboxylic acids is 1. The third-order valence-electron chi connectivity index (χ3n) is 5.39. The van der Waals surface area contributed by atoms with Crippen LogP contribution in [0.3, 0.4) is 0 Å². The van der Waals surface area contributed by atoms with Gasteiger partial charge in [-0.3, -0.25) is 4.79 Å². The molecule has 0 aromatic carbocycles. The van der Waals surface area contributed by atoms with Gasteiger partial charge in [-0.1, -0.05) is 11.6 Å². The maximum absolute atomic E-state index is 12.6. The molecule has 2 fully saturated rings. The van der Waals surface area contributed by atoms with Crippen molar-refractivity contribution in [1.82, 2.24) is 9.21 Å². The fourth-order valence-electron chi connectivity index (χ4n) is 3.92. The molecular formula is C17H28N2O4S. The van der Waals surface area contributed by atoms with Crippen molar-refractivity contribution in [2.75, 3.05) is 39.0 Å². The highest BCUT2D eigenvalue weighted by Gasteiger charge is 2.36. The molecule has 0 unspecified atom stereocenters. The van der Waals surface area contributed by atoms with Crippen LogP contribution in [0, 0.1) is 5.92 Å². The average molecular weight is 356 g/mol. The van der Waals surface area contributed by atoms with E-state index in [-0.39, 0.29) is 17.9 Å². The number of rotatable bonds is 3. The van der Waals surface area contributed by atoms with Gasteiger partial charge in [0, 0.05) is 38.5 Å². The van der Waals surface area contributed by atoms with E-state index in [0.717, 1.165) is 19.3 Å². The minimum absolute atomic E-state index is 0.0465. The van der Waals surface area contributed by atoms with Gasteiger partial charge < -0.3 is 9.64 Å². The molecule has 7 heteroatoms. The Morgan fingerprint density at radius 2 is 2.12 bits per heavy atom. The Bertz CT molecular complexity index is 602. The number of fused-ring (bicyclic) bond motifs is 1. The van der Waals surface area contributed by atoms with E-state index in [1.165, 1.54) is 29.0 Å². The minimum Gasteiger partial charge on any atom is -0.375 e. The second-order valence-electron chi connectivity index (χ2n) is 7.20. The zero-order valence-corrected chi connectivity index (χ0v) is 15.3. The molecule has 3 aliphatic rings. The number of ether oxygens (including phenoxy) is 1. The molecule has 0 bridgehead atoms. The van der Waals surface area contributed by atoms with Gasteiger partial charge in [0.25, 0.3) is 0 Å². The number of hydrogen-bond acceptors (Lipinski definition) is 4. The summed E-state index contributed by atoms with van der Waals surface area (Å²) in [6, 6.07) is 0. The Morgan fingerprint density at radius 3 is 2.83 bits per heavy atom. The summed E-state index contributed by atoms with van der Waals surface area (Å²) in [5.74, 6) is 0.370. The lowest BCUT2D eigenvalue weighted by Gasteiger charge is -2.38. The van der Waals surface area contributed by atoms with E-state index < -0.39 is 10.0 Å². The molecule has 1 aliphatic carbocycles. The van der Waals surface area contributed by atoms with Gasteiger partial charge in [-0.05, 0) is 32.1 Å². The van der Waals surface area contributed by atoms with Gasteiger partial charge in [-0.25, -0.2) is 8.42 Å². The lowest BCUT2D eigenvalue weighted by Crippen LogP contribution is -2.49. The van der Waals surface area contributed by atoms with E-state index in [1.807, 2.05) is 4.90 Å². The molecule has 2 atom stereocenters. The van der Waals surface area contributed by atoms with E-state index in [9.17, 15) is 13.2 Å². The molecule has 0 spiro atoms. The van der Waals surface area contributed by atoms with Crippen LogP contribution >= 0.6 is 0 Å². The maximum Gasteiger partial charge on any atom is 0.226 e. The van der Waals surface area contributed by atoms with Crippen LogP contribution < -0.4 is 0 Å². The van der Waals surface area contributed by atoms with Crippen molar-refractivity contribution in [2.45, 2.75) is 44.6 Å². The number of piperidine rings is 1. The lowest BCUT2D eigenvalue weighted by molar-refractivity contribution is -0.136. The summed E-state index contributed by atoms with van der Waals surface area (Å²) in [6.07, 6.45) is 9.33. The Morgan fingerprint density at radius 1 is 1.29 bits per heavy atom. The molecule has 24 heavy (non-hydrogen) atoms. The van der Waals surface area contributed by atoms with Crippen molar-refractivity contribution in [1.29, 1.82) is 0 Å². The van der Waals surface area contributed by atoms with Crippen LogP contribution in [-0.2, 0) is 19.6 Å². The number of likely N-dealkylation sites (tertiary alicyclic amines) is 1. The maximum atomic E-state index is 12.6. The van der Waals surface area contributed by atoms with Crippen molar-refractivity contribution in [3.63, 3.8) is 0 Å². The molecule has 0 aromatic heterocycles. The minimum atomic E-state index is -3.18. The molecular weight excluding hydrogens is 328 g/mol. The third kappa shape index (κ3) is 4.37. The highest BCUT2D eigenvalue weighted by atomic mass is 32.2. The van der Waals surface area contributed by atoms with Gasteiger partial charge in [0.1, 0.15) is 0 Å². The van der Waals surface area contributed by atoms with Crippen LogP contribution in [0.2, 0.25) is 0 Å². The first-order valence-corrected chi connectivity index (χ1v) is 10.8. The topological polar surface area (TPSA) is 66.9 Å². The molecule has 6 nitrogen and oxygen atoms in total. The first-order valence-electron chi connectivity index (χ1n) is 8.96. The van der Waals surface area contributed by atoms with E-state index in [2.05, 4.69) is 6.08 Å². The van der Waals surface area contributed by atoms with Gasteiger partial charge in [0.2, 0.25) is 15.9 Å². The second kappa shape index (κ2) is 7.54. The number of sulfonamides is 1. The Hall–Kier alpha value is -0.920. The number of carbonyl (C=O) groups is 1. The van der Waals surface area contributed by atoms with Crippen molar-refractivity contribution >= 4 is 15.9 Å². The van der Waals surface area contributed by atoms with Crippen LogP contribution in [0.15, 0.2) is 11.6 Å². The molecule has 0 aromatic rings. The van der Waals surface area contributed by atoms with E-state index in [1.54, 1.807) is 0 Å². The lowest BCUT2D eigenvalue weighted by atomic mass is 9.92. The first-order chi connectivity index (χ1) is 11.4. The summed E-state index contributed by atoms with van der Waals surface area (Å²) in [4.78, 5) is 14.5. The Balaban J connectivity index is 1.58. The van der Waals surface area contributed by atoms with Crippen molar-refractivity contribution < 1.29 is 17.9 Å². The van der Waals surface area contributed by atoms with E-state index in [4.69, 9.17) is 4.74 Å². The van der Waals surface area contributed by atoms with Crippen molar-refractivity contribution in [3.8, 4) is 0 Å². The van der Waals surface area contributed by atoms with E-state index in [0.29, 0.717) is 39.2 Å². The van der Waals surface area contributed by atoms with Crippen molar-refractivity contribution in [3.05, 3.63) is 11.6 Å². The predicted octanol–water partition coefficient (Wildman–Crippen LogP) is 1.39. The molecule has 0 radical (unpaired) electrons. The summed E-state index contributed by atoms with van der Waals surface area (Å²) in [6.45, 7) is 2.62. The van der Waals surface area contributed by atoms with Crippen LogP contribution in [0.1, 0.15) is 38.5 Å². The standard InChI is InChI=1S/C17H28N2O4S/c1-24(21,22)19-9-10-23-16-13-18(8-7-15(16)12-19)17(20)11-14-5-3-2-4-6-14/h5,15-16H,2-4,6-13H2,1H3/t15-,16-/m1/s1. The summed E-state index contributed by atoms with van der Waals surface area (Å²) in [5, 5.41) is 0. The number of allylic oxidation sites excluding steroid dienone is 1. The second-order valence-corrected chi connectivity index (χ2v) is 9.19. The monoisotopic (exact) mass is 356 g/mol. The smallest absolute Gasteiger partial charge is 0.226 e.